The van der Waals surface area contributed by atoms with E-state index in [1.165, 1.54) is 63.1 Å². The third kappa shape index (κ3) is 9.44. The number of aryl methyl sites for hydroxylation is 1. The molecule has 0 aliphatic heterocycles. The van der Waals surface area contributed by atoms with Gasteiger partial charge in [-0.2, -0.15) is 16.8 Å². The second kappa shape index (κ2) is 13.1. The standard InChI is InChI=1S/C24H34O7S2/c1-2-3-4-5-6-7-8-9-10-11-13-20-14-12-15-23(24(20)33(28,29)30)31-21-16-18-22(19-17-21)32(25,26)27/h12,14-19H,2-11,13H2,1H3,(H,25,26,27)(H,28,29,30). The van der Waals surface area contributed by atoms with Gasteiger partial charge in [-0.3, -0.25) is 9.11 Å². The van der Waals surface area contributed by atoms with E-state index < -0.39 is 20.2 Å². The Morgan fingerprint density at radius 2 is 1.24 bits per heavy atom. The van der Waals surface area contributed by atoms with E-state index in [9.17, 15) is 21.4 Å². The Balaban J connectivity index is 1.98. The van der Waals surface area contributed by atoms with Crippen molar-refractivity contribution in [2.75, 3.05) is 0 Å². The Hall–Kier alpha value is -1.94. The lowest BCUT2D eigenvalue weighted by Crippen LogP contribution is -2.06. The topological polar surface area (TPSA) is 118 Å². The molecule has 0 saturated carbocycles. The van der Waals surface area contributed by atoms with Gasteiger partial charge in [0.05, 0.1) is 4.90 Å². The predicted molar refractivity (Wildman–Crippen MR) is 128 cm³/mol. The molecule has 0 unspecified atom stereocenters. The highest BCUT2D eigenvalue weighted by Crippen LogP contribution is 2.33. The summed E-state index contributed by atoms with van der Waals surface area (Å²) in [5, 5.41) is 0. The summed E-state index contributed by atoms with van der Waals surface area (Å²) in [6.07, 6.45) is 12.1. The summed E-state index contributed by atoms with van der Waals surface area (Å²) < 4.78 is 71.1. The third-order valence-corrected chi connectivity index (χ3v) is 7.31. The van der Waals surface area contributed by atoms with Gasteiger partial charge in [0.1, 0.15) is 16.4 Å². The molecule has 0 saturated heterocycles. The number of ether oxygens (including phenoxy) is 1. The highest BCUT2D eigenvalue weighted by Gasteiger charge is 2.22. The Morgan fingerprint density at radius 3 is 1.76 bits per heavy atom. The Kier molecular flexibility index (Phi) is 10.8. The van der Waals surface area contributed by atoms with Crippen LogP contribution in [0.3, 0.4) is 0 Å². The van der Waals surface area contributed by atoms with E-state index in [-0.39, 0.29) is 21.3 Å². The van der Waals surface area contributed by atoms with Crippen LogP contribution >= 0.6 is 0 Å². The van der Waals surface area contributed by atoms with Crippen LogP contribution in [0.25, 0.3) is 0 Å². The molecule has 2 rings (SSSR count). The monoisotopic (exact) mass is 498 g/mol. The second-order valence-corrected chi connectivity index (χ2v) is 11.0. The number of hydrogen-bond acceptors (Lipinski definition) is 5. The van der Waals surface area contributed by atoms with Crippen LogP contribution in [0.5, 0.6) is 11.5 Å². The van der Waals surface area contributed by atoms with Gasteiger partial charge in [-0.05, 0) is 48.7 Å². The van der Waals surface area contributed by atoms with Crippen molar-refractivity contribution in [3.05, 3.63) is 48.0 Å². The van der Waals surface area contributed by atoms with Crippen molar-refractivity contribution in [3.8, 4) is 11.5 Å². The molecule has 7 nitrogen and oxygen atoms in total. The molecule has 2 aromatic carbocycles. The molecule has 9 heteroatoms. The first-order valence-corrected chi connectivity index (χ1v) is 14.4. The molecule has 0 spiro atoms. The molecule has 0 aliphatic rings. The summed E-state index contributed by atoms with van der Waals surface area (Å²) in [6.45, 7) is 2.21. The molecule has 2 aromatic rings. The van der Waals surface area contributed by atoms with Crippen LogP contribution < -0.4 is 4.74 Å². The zero-order valence-corrected chi connectivity index (χ0v) is 20.7. The lowest BCUT2D eigenvalue weighted by Gasteiger charge is -2.14. The summed E-state index contributed by atoms with van der Waals surface area (Å²) >= 11 is 0. The second-order valence-electron chi connectivity index (χ2n) is 8.20. The van der Waals surface area contributed by atoms with Gasteiger partial charge in [0.2, 0.25) is 0 Å². The van der Waals surface area contributed by atoms with Crippen LogP contribution in [0.15, 0.2) is 52.3 Å². The van der Waals surface area contributed by atoms with E-state index in [4.69, 9.17) is 9.29 Å². The Morgan fingerprint density at radius 1 is 0.697 bits per heavy atom. The Labute approximate surface area is 197 Å². The smallest absolute Gasteiger partial charge is 0.298 e. The molecule has 33 heavy (non-hydrogen) atoms. The van der Waals surface area contributed by atoms with Crippen molar-refractivity contribution in [3.63, 3.8) is 0 Å². The normalized spacial score (nSPS) is 12.1. The van der Waals surface area contributed by atoms with Crippen molar-refractivity contribution < 1.29 is 30.7 Å². The SMILES string of the molecule is CCCCCCCCCCCCc1cccc(Oc2ccc(S(=O)(=O)O)cc2)c1S(=O)(=O)O. The molecule has 2 N–H and O–H groups in total. The highest BCUT2D eigenvalue weighted by atomic mass is 32.2. The molecular weight excluding hydrogens is 464 g/mol. The summed E-state index contributed by atoms with van der Waals surface area (Å²) in [5.41, 5.74) is 0.476. The van der Waals surface area contributed by atoms with E-state index in [0.717, 1.165) is 31.4 Å². The maximum Gasteiger partial charge on any atom is 0.298 e. The van der Waals surface area contributed by atoms with Crippen molar-refractivity contribution >= 4 is 20.2 Å². The van der Waals surface area contributed by atoms with Gasteiger partial charge in [-0.1, -0.05) is 76.8 Å². The molecule has 0 fully saturated rings. The van der Waals surface area contributed by atoms with Gasteiger partial charge in [0.25, 0.3) is 20.2 Å². The minimum Gasteiger partial charge on any atom is -0.456 e. The molecule has 0 amide bonds. The minimum absolute atomic E-state index is 0.0401. The molecule has 0 radical (unpaired) electrons. The molecule has 0 aromatic heterocycles. The summed E-state index contributed by atoms with van der Waals surface area (Å²) in [7, 11) is -8.89. The van der Waals surface area contributed by atoms with Crippen LogP contribution in [0.2, 0.25) is 0 Å². The summed E-state index contributed by atoms with van der Waals surface area (Å²) in [6, 6.07) is 9.63. The predicted octanol–water partition coefficient (Wildman–Crippen LogP) is 6.44. The number of unbranched alkanes of at least 4 members (excludes halogenated alkanes) is 9. The molecule has 0 aliphatic carbocycles. The van der Waals surface area contributed by atoms with Gasteiger partial charge in [0, 0.05) is 0 Å². The average molecular weight is 499 g/mol. The third-order valence-electron chi connectivity index (χ3n) is 5.47. The van der Waals surface area contributed by atoms with E-state index in [1.807, 2.05) is 0 Å². The van der Waals surface area contributed by atoms with E-state index in [1.54, 1.807) is 12.1 Å². The van der Waals surface area contributed by atoms with Crippen molar-refractivity contribution in [2.24, 2.45) is 0 Å². The van der Waals surface area contributed by atoms with Gasteiger partial charge >= 0.3 is 0 Å². The van der Waals surface area contributed by atoms with Gasteiger partial charge in [-0.25, -0.2) is 0 Å². The quantitative estimate of drug-likeness (QED) is 0.214. The van der Waals surface area contributed by atoms with E-state index in [2.05, 4.69) is 6.92 Å². The van der Waals surface area contributed by atoms with E-state index in [0.29, 0.717) is 12.0 Å². The first-order chi connectivity index (χ1) is 15.6. The van der Waals surface area contributed by atoms with Crippen molar-refractivity contribution in [1.29, 1.82) is 0 Å². The zero-order chi connectivity index (χ0) is 24.3. The van der Waals surface area contributed by atoms with Crippen LogP contribution in [-0.2, 0) is 26.7 Å². The van der Waals surface area contributed by atoms with Crippen molar-refractivity contribution in [2.45, 2.75) is 87.3 Å². The maximum atomic E-state index is 12.1. The Bertz CT molecular complexity index is 1080. The lowest BCUT2D eigenvalue weighted by atomic mass is 10.0. The number of hydrogen-bond donors (Lipinski definition) is 2. The van der Waals surface area contributed by atoms with Gasteiger partial charge in [0.15, 0.2) is 0 Å². The van der Waals surface area contributed by atoms with Gasteiger partial charge < -0.3 is 4.74 Å². The van der Waals surface area contributed by atoms with Crippen LogP contribution in [-0.4, -0.2) is 25.9 Å². The van der Waals surface area contributed by atoms with Crippen molar-refractivity contribution in [1.82, 2.24) is 0 Å². The lowest BCUT2D eigenvalue weighted by molar-refractivity contribution is 0.447. The van der Waals surface area contributed by atoms with Crippen LogP contribution in [0.1, 0.15) is 76.7 Å². The summed E-state index contributed by atoms with van der Waals surface area (Å²) in [5.74, 6) is 0.130. The first-order valence-electron chi connectivity index (χ1n) is 11.5. The fourth-order valence-electron chi connectivity index (χ4n) is 3.74. The van der Waals surface area contributed by atoms with Crippen LogP contribution in [0, 0.1) is 0 Å². The fourth-order valence-corrected chi connectivity index (χ4v) is 5.09. The van der Waals surface area contributed by atoms with Crippen LogP contribution in [0.4, 0.5) is 0 Å². The van der Waals surface area contributed by atoms with Gasteiger partial charge in [-0.15, -0.1) is 0 Å². The summed E-state index contributed by atoms with van der Waals surface area (Å²) in [4.78, 5) is -0.584. The molecule has 184 valence electrons. The largest absolute Gasteiger partial charge is 0.456 e. The molecule has 0 heterocycles. The highest BCUT2D eigenvalue weighted by molar-refractivity contribution is 7.86. The average Bonchev–Trinajstić information content (AvgIpc) is 2.74. The maximum absolute atomic E-state index is 12.1. The number of rotatable bonds is 15. The first kappa shape index (κ1) is 27.3. The molecule has 0 atom stereocenters. The molecular formula is C24H34O7S2. The number of benzene rings is 2. The zero-order valence-electron chi connectivity index (χ0n) is 19.1. The fraction of sp³-hybridized carbons (Fsp3) is 0.500. The molecule has 0 bridgehead atoms. The minimum atomic E-state index is -4.54. The van der Waals surface area contributed by atoms with E-state index >= 15 is 0 Å².